The van der Waals surface area contributed by atoms with Gasteiger partial charge in [0.05, 0.1) is 8.95 Å². The quantitative estimate of drug-likeness (QED) is 0.727. The lowest BCUT2D eigenvalue weighted by atomic mass is 10.1. The predicted molar refractivity (Wildman–Crippen MR) is 85.3 cm³/mol. The summed E-state index contributed by atoms with van der Waals surface area (Å²) < 4.78 is 14.3. The Labute approximate surface area is 134 Å². The number of nitrogens with one attached hydrogen (secondary N) is 1. The summed E-state index contributed by atoms with van der Waals surface area (Å²) in [5.41, 5.74) is 2.03. The molecule has 2 rings (SSSR count). The summed E-state index contributed by atoms with van der Waals surface area (Å²) in [5, 5.41) is 12.9. The van der Waals surface area contributed by atoms with Crippen molar-refractivity contribution in [3.05, 3.63) is 62.3 Å². The minimum Gasteiger partial charge on any atom is -0.506 e. The van der Waals surface area contributed by atoms with E-state index in [4.69, 9.17) is 0 Å². The van der Waals surface area contributed by atoms with Crippen LogP contribution in [0.4, 0.5) is 4.39 Å². The normalized spacial score (nSPS) is 10.8. The largest absolute Gasteiger partial charge is 0.506 e. The maximum Gasteiger partial charge on any atom is 0.143 e. The van der Waals surface area contributed by atoms with Crippen LogP contribution in [0.15, 0.2) is 45.3 Å². The number of benzene rings is 2. The van der Waals surface area contributed by atoms with E-state index in [0.717, 1.165) is 24.1 Å². The highest BCUT2D eigenvalue weighted by Crippen LogP contribution is 2.33. The van der Waals surface area contributed by atoms with Crippen LogP contribution in [0.25, 0.3) is 0 Å². The molecule has 106 valence electrons. The SMILES string of the molecule is Oc1c(Br)cc(CNCCc2cccc(F)c2)cc1Br. The molecule has 0 heterocycles. The minimum atomic E-state index is -0.200. The van der Waals surface area contributed by atoms with E-state index in [1.54, 1.807) is 12.1 Å². The van der Waals surface area contributed by atoms with Crippen molar-refractivity contribution in [1.82, 2.24) is 5.32 Å². The van der Waals surface area contributed by atoms with Gasteiger partial charge < -0.3 is 10.4 Å². The number of hydrogen-bond acceptors (Lipinski definition) is 2. The third-order valence-electron chi connectivity index (χ3n) is 2.89. The van der Waals surface area contributed by atoms with Gasteiger partial charge in [-0.2, -0.15) is 0 Å². The number of rotatable bonds is 5. The van der Waals surface area contributed by atoms with Crippen LogP contribution in [0.1, 0.15) is 11.1 Å². The highest BCUT2D eigenvalue weighted by molar-refractivity contribution is 9.11. The number of phenolic OH excluding ortho intramolecular Hbond substituents is 1. The molecule has 0 aliphatic rings. The molecule has 2 aromatic carbocycles. The first-order valence-electron chi connectivity index (χ1n) is 6.18. The molecule has 0 bridgehead atoms. The maximum atomic E-state index is 13.0. The van der Waals surface area contributed by atoms with Crippen molar-refractivity contribution < 1.29 is 9.50 Å². The van der Waals surface area contributed by atoms with Crippen LogP contribution >= 0.6 is 31.9 Å². The average Bonchev–Trinajstić information content (AvgIpc) is 2.41. The van der Waals surface area contributed by atoms with Crippen molar-refractivity contribution in [2.45, 2.75) is 13.0 Å². The van der Waals surface area contributed by atoms with E-state index in [0.29, 0.717) is 15.5 Å². The first kappa shape index (κ1) is 15.5. The molecule has 0 spiro atoms. The van der Waals surface area contributed by atoms with Crippen molar-refractivity contribution in [1.29, 1.82) is 0 Å². The van der Waals surface area contributed by atoms with Gasteiger partial charge in [-0.25, -0.2) is 4.39 Å². The molecule has 20 heavy (non-hydrogen) atoms. The molecule has 0 fully saturated rings. The molecule has 0 unspecified atom stereocenters. The molecular weight excluding hydrogens is 389 g/mol. The number of halogens is 3. The van der Waals surface area contributed by atoms with E-state index in [2.05, 4.69) is 37.2 Å². The Balaban J connectivity index is 1.84. The Bertz CT molecular complexity index is 581. The standard InChI is InChI=1S/C15H14Br2FNO/c16-13-7-11(8-14(17)15(13)20)9-19-5-4-10-2-1-3-12(18)6-10/h1-3,6-8,19-20H,4-5,9H2. The van der Waals surface area contributed by atoms with Gasteiger partial charge in [-0.1, -0.05) is 12.1 Å². The Morgan fingerprint density at radius 1 is 1.05 bits per heavy atom. The van der Waals surface area contributed by atoms with Gasteiger partial charge in [0.15, 0.2) is 0 Å². The second kappa shape index (κ2) is 7.20. The van der Waals surface area contributed by atoms with Crippen molar-refractivity contribution in [2.75, 3.05) is 6.54 Å². The first-order chi connectivity index (χ1) is 9.56. The van der Waals surface area contributed by atoms with Crippen molar-refractivity contribution in [3.63, 3.8) is 0 Å². The zero-order valence-corrected chi connectivity index (χ0v) is 13.8. The van der Waals surface area contributed by atoms with Crippen LogP contribution in [0.2, 0.25) is 0 Å². The Hall–Kier alpha value is -0.910. The molecule has 0 amide bonds. The fourth-order valence-electron chi connectivity index (χ4n) is 1.88. The van der Waals surface area contributed by atoms with Crippen LogP contribution in [-0.2, 0) is 13.0 Å². The van der Waals surface area contributed by atoms with Crippen LogP contribution < -0.4 is 5.32 Å². The van der Waals surface area contributed by atoms with Gasteiger partial charge >= 0.3 is 0 Å². The molecule has 0 aliphatic heterocycles. The van der Waals surface area contributed by atoms with E-state index >= 15 is 0 Å². The lowest BCUT2D eigenvalue weighted by Crippen LogP contribution is -2.16. The van der Waals surface area contributed by atoms with Crippen LogP contribution in [0.3, 0.4) is 0 Å². The van der Waals surface area contributed by atoms with Gasteiger partial charge in [-0.3, -0.25) is 0 Å². The highest BCUT2D eigenvalue weighted by atomic mass is 79.9. The van der Waals surface area contributed by atoms with Gasteiger partial charge in [0.2, 0.25) is 0 Å². The van der Waals surface area contributed by atoms with Gasteiger partial charge in [0, 0.05) is 6.54 Å². The molecule has 0 aliphatic carbocycles. The lowest BCUT2D eigenvalue weighted by Gasteiger charge is -2.08. The van der Waals surface area contributed by atoms with Crippen LogP contribution in [0.5, 0.6) is 5.75 Å². The third kappa shape index (κ3) is 4.30. The number of aromatic hydroxyl groups is 1. The summed E-state index contributed by atoms with van der Waals surface area (Å²) in [6.45, 7) is 1.45. The molecule has 0 atom stereocenters. The molecule has 0 aromatic heterocycles. The summed E-state index contributed by atoms with van der Waals surface area (Å²) in [6.07, 6.45) is 0.776. The molecule has 0 saturated carbocycles. The average molecular weight is 403 g/mol. The smallest absolute Gasteiger partial charge is 0.143 e. The van der Waals surface area contributed by atoms with Gasteiger partial charge in [-0.05, 0) is 80.2 Å². The minimum absolute atomic E-state index is 0.200. The number of hydrogen-bond donors (Lipinski definition) is 2. The summed E-state index contributed by atoms with van der Waals surface area (Å²) >= 11 is 6.60. The van der Waals surface area contributed by atoms with Crippen molar-refractivity contribution in [2.24, 2.45) is 0 Å². The second-order valence-electron chi connectivity index (χ2n) is 4.46. The summed E-state index contributed by atoms with van der Waals surface area (Å²) in [5.74, 6) is 0.00223. The topological polar surface area (TPSA) is 32.3 Å². The fraction of sp³-hybridized carbons (Fsp3) is 0.200. The molecule has 2 nitrogen and oxygen atoms in total. The van der Waals surface area contributed by atoms with E-state index in [1.807, 2.05) is 18.2 Å². The van der Waals surface area contributed by atoms with E-state index in [1.165, 1.54) is 6.07 Å². The third-order valence-corrected chi connectivity index (χ3v) is 4.09. The van der Waals surface area contributed by atoms with E-state index in [9.17, 15) is 9.50 Å². The molecule has 2 aromatic rings. The van der Waals surface area contributed by atoms with Crippen molar-refractivity contribution in [3.8, 4) is 5.75 Å². The Morgan fingerprint density at radius 3 is 2.40 bits per heavy atom. The van der Waals surface area contributed by atoms with E-state index in [-0.39, 0.29) is 11.6 Å². The Kier molecular flexibility index (Phi) is 5.57. The first-order valence-corrected chi connectivity index (χ1v) is 7.77. The van der Waals surface area contributed by atoms with Crippen LogP contribution in [-0.4, -0.2) is 11.7 Å². The zero-order valence-electron chi connectivity index (χ0n) is 10.7. The van der Waals surface area contributed by atoms with Gasteiger partial charge in [0.1, 0.15) is 11.6 Å². The fourth-order valence-corrected chi connectivity index (χ4v) is 3.16. The Morgan fingerprint density at radius 2 is 1.75 bits per heavy atom. The summed E-state index contributed by atoms with van der Waals surface area (Å²) in [6, 6.07) is 10.4. The van der Waals surface area contributed by atoms with E-state index < -0.39 is 0 Å². The molecule has 2 N–H and O–H groups in total. The highest BCUT2D eigenvalue weighted by Gasteiger charge is 2.05. The maximum absolute atomic E-state index is 13.0. The predicted octanol–water partition coefficient (Wildman–Crippen LogP) is 4.39. The van der Waals surface area contributed by atoms with Gasteiger partial charge in [-0.15, -0.1) is 0 Å². The second-order valence-corrected chi connectivity index (χ2v) is 6.17. The van der Waals surface area contributed by atoms with Crippen molar-refractivity contribution >= 4 is 31.9 Å². The summed E-state index contributed by atoms with van der Waals surface area (Å²) in [4.78, 5) is 0. The molecule has 0 radical (unpaired) electrons. The molecule has 5 heteroatoms. The van der Waals surface area contributed by atoms with Gasteiger partial charge in [0.25, 0.3) is 0 Å². The molecule has 0 saturated heterocycles. The monoisotopic (exact) mass is 401 g/mol. The zero-order chi connectivity index (χ0) is 14.5. The summed E-state index contributed by atoms with van der Waals surface area (Å²) in [7, 11) is 0. The number of phenols is 1. The lowest BCUT2D eigenvalue weighted by molar-refractivity contribution is 0.468. The molecular formula is C15H14Br2FNO. The van der Waals surface area contributed by atoms with Crippen LogP contribution in [0, 0.1) is 5.82 Å².